The lowest BCUT2D eigenvalue weighted by Gasteiger charge is -2.26. The number of nitrogens with zero attached hydrogens (tertiary/aromatic N) is 2. The van der Waals surface area contributed by atoms with Crippen molar-refractivity contribution < 1.29 is 23.4 Å². The van der Waals surface area contributed by atoms with Crippen molar-refractivity contribution in [2.24, 2.45) is 0 Å². The number of anilines is 1. The number of furan rings is 1. The molecule has 1 amide bonds. The van der Waals surface area contributed by atoms with E-state index in [-0.39, 0.29) is 5.91 Å². The maximum atomic E-state index is 13.0. The van der Waals surface area contributed by atoms with Gasteiger partial charge in [-0.2, -0.15) is 0 Å². The lowest BCUT2D eigenvalue weighted by Crippen LogP contribution is -2.32. The maximum absolute atomic E-state index is 13.0. The molecule has 1 N–H and O–H groups in total. The Morgan fingerprint density at radius 1 is 1.10 bits per heavy atom. The van der Waals surface area contributed by atoms with Crippen molar-refractivity contribution in [2.45, 2.75) is 12.7 Å². The van der Waals surface area contributed by atoms with E-state index in [2.05, 4.69) is 10.3 Å². The summed E-state index contributed by atoms with van der Waals surface area (Å²) in [4.78, 5) is 19.1. The van der Waals surface area contributed by atoms with Crippen molar-refractivity contribution in [3.63, 3.8) is 0 Å². The van der Waals surface area contributed by atoms with Crippen LogP contribution in [0, 0.1) is 0 Å². The molecular weight excluding hydrogens is 374 g/mol. The quantitative estimate of drug-likeness (QED) is 0.655. The van der Waals surface area contributed by atoms with Gasteiger partial charge in [-0.1, -0.05) is 0 Å². The molecule has 8 nitrogen and oxygen atoms in total. The Kier molecular flexibility index (Phi) is 4.99. The second-order valence-electron chi connectivity index (χ2n) is 6.41. The zero-order valence-corrected chi connectivity index (χ0v) is 16.3. The van der Waals surface area contributed by atoms with E-state index < -0.39 is 6.17 Å². The van der Waals surface area contributed by atoms with E-state index in [4.69, 9.17) is 18.6 Å². The molecule has 0 bridgehead atoms. The minimum absolute atomic E-state index is 0.116. The van der Waals surface area contributed by atoms with E-state index >= 15 is 0 Å². The molecule has 1 aliphatic heterocycles. The summed E-state index contributed by atoms with van der Waals surface area (Å²) < 4.78 is 21.7. The molecule has 0 saturated heterocycles. The molecule has 8 heteroatoms. The van der Waals surface area contributed by atoms with Gasteiger partial charge in [-0.25, -0.2) is 0 Å². The third-order valence-corrected chi connectivity index (χ3v) is 4.77. The number of amides is 1. The average Bonchev–Trinajstić information content (AvgIpc) is 3.36. The third-order valence-electron chi connectivity index (χ3n) is 4.77. The van der Waals surface area contributed by atoms with E-state index in [0.717, 1.165) is 0 Å². The summed E-state index contributed by atoms with van der Waals surface area (Å²) in [6.45, 7) is 0.310. The Morgan fingerprint density at radius 3 is 2.48 bits per heavy atom. The Morgan fingerprint density at radius 2 is 1.86 bits per heavy atom. The second kappa shape index (κ2) is 7.75. The number of pyridine rings is 1. The van der Waals surface area contributed by atoms with Crippen LogP contribution < -0.4 is 19.5 Å². The standard InChI is InChI=1S/C21H21N3O5/c1-26-16-10-13(11-17(27-2)19(16)28-3)23-20-18-15(7-4-8-22-18)21(25)24(20)12-14-6-5-9-29-14/h4-11,20,23H,12H2,1-3H3/t20-/m0/s1. The van der Waals surface area contributed by atoms with Crippen molar-refractivity contribution in [2.75, 3.05) is 26.6 Å². The smallest absolute Gasteiger partial charge is 0.258 e. The van der Waals surface area contributed by atoms with Gasteiger partial charge in [0.15, 0.2) is 11.5 Å². The SMILES string of the molecule is COc1cc(N[C@@H]2c3ncccc3C(=O)N2Cc2ccco2)cc(OC)c1OC. The van der Waals surface area contributed by atoms with Gasteiger partial charge in [0, 0.05) is 24.0 Å². The van der Waals surface area contributed by atoms with E-state index in [1.165, 1.54) is 0 Å². The lowest BCUT2D eigenvalue weighted by molar-refractivity contribution is 0.0714. The first-order valence-electron chi connectivity index (χ1n) is 9.01. The molecular formula is C21H21N3O5. The molecule has 0 radical (unpaired) electrons. The summed E-state index contributed by atoms with van der Waals surface area (Å²) in [7, 11) is 4.66. The van der Waals surface area contributed by atoms with Gasteiger partial charge < -0.3 is 28.8 Å². The first-order chi connectivity index (χ1) is 14.2. The molecule has 150 valence electrons. The van der Waals surface area contributed by atoms with Crippen LogP contribution in [-0.4, -0.2) is 37.1 Å². The highest BCUT2D eigenvalue weighted by atomic mass is 16.5. The third kappa shape index (κ3) is 3.33. The molecule has 3 aromatic rings. The number of rotatable bonds is 7. The zero-order valence-electron chi connectivity index (χ0n) is 16.3. The van der Waals surface area contributed by atoms with Crippen LogP contribution in [0.2, 0.25) is 0 Å². The number of nitrogens with one attached hydrogen (secondary N) is 1. The summed E-state index contributed by atoms with van der Waals surface area (Å²) in [5, 5.41) is 3.38. The van der Waals surface area contributed by atoms with Crippen molar-refractivity contribution in [1.82, 2.24) is 9.88 Å². The Balaban J connectivity index is 1.72. The maximum Gasteiger partial charge on any atom is 0.258 e. The van der Waals surface area contributed by atoms with E-state index in [1.807, 2.05) is 6.07 Å². The minimum Gasteiger partial charge on any atom is -0.493 e. The highest BCUT2D eigenvalue weighted by molar-refractivity contribution is 5.98. The highest BCUT2D eigenvalue weighted by Crippen LogP contribution is 2.42. The first kappa shape index (κ1) is 18.7. The predicted molar refractivity (Wildman–Crippen MR) is 105 cm³/mol. The minimum atomic E-state index is -0.480. The fourth-order valence-electron chi connectivity index (χ4n) is 3.44. The number of fused-ring (bicyclic) bond motifs is 1. The van der Waals surface area contributed by atoms with Crippen LogP contribution in [0.1, 0.15) is 28.0 Å². The van der Waals surface area contributed by atoms with Gasteiger partial charge in [-0.05, 0) is 24.3 Å². The van der Waals surface area contributed by atoms with Gasteiger partial charge in [-0.15, -0.1) is 0 Å². The van der Waals surface area contributed by atoms with Crippen LogP contribution >= 0.6 is 0 Å². The molecule has 29 heavy (non-hydrogen) atoms. The number of ether oxygens (including phenoxy) is 3. The summed E-state index contributed by atoms with van der Waals surface area (Å²) in [6, 6.07) is 10.7. The van der Waals surface area contributed by atoms with Crippen LogP contribution in [0.15, 0.2) is 53.3 Å². The molecule has 0 fully saturated rings. The molecule has 0 aliphatic carbocycles. The highest BCUT2D eigenvalue weighted by Gasteiger charge is 2.38. The number of hydrogen-bond acceptors (Lipinski definition) is 7. The zero-order chi connectivity index (χ0) is 20.4. The van der Waals surface area contributed by atoms with Gasteiger partial charge in [0.2, 0.25) is 5.75 Å². The molecule has 1 aromatic carbocycles. The van der Waals surface area contributed by atoms with Gasteiger partial charge in [-0.3, -0.25) is 9.78 Å². The predicted octanol–water partition coefficient (Wildman–Crippen LogP) is 3.47. The van der Waals surface area contributed by atoms with Crippen molar-refractivity contribution in [3.05, 3.63) is 65.9 Å². The van der Waals surface area contributed by atoms with E-state index in [9.17, 15) is 4.79 Å². The Hall–Kier alpha value is -3.68. The summed E-state index contributed by atoms with van der Waals surface area (Å²) in [5.74, 6) is 2.08. The van der Waals surface area contributed by atoms with Crippen molar-refractivity contribution in [3.8, 4) is 17.2 Å². The lowest BCUT2D eigenvalue weighted by atomic mass is 10.2. The molecule has 1 aliphatic rings. The van der Waals surface area contributed by atoms with Gasteiger partial charge in [0.1, 0.15) is 11.9 Å². The fourth-order valence-corrected chi connectivity index (χ4v) is 3.44. The molecule has 1 atom stereocenters. The number of benzene rings is 1. The van der Waals surface area contributed by atoms with Crippen LogP contribution in [0.25, 0.3) is 0 Å². The number of carbonyl (C=O) groups is 1. The average molecular weight is 395 g/mol. The monoisotopic (exact) mass is 395 g/mol. The fraction of sp³-hybridized carbons (Fsp3) is 0.238. The van der Waals surface area contributed by atoms with Gasteiger partial charge in [0.05, 0.1) is 45.4 Å². The van der Waals surface area contributed by atoms with Crippen molar-refractivity contribution in [1.29, 1.82) is 0 Å². The summed E-state index contributed by atoms with van der Waals surface area (Å²) in [5.41, 5.74) is 1.90. The molecule has 4 rings (SSSR count). The number of methoxy groups -OCH3 is 3. The molecule has 2 aromatic heterocycles. The van der Waals surface area contributed by atoms with Gasteiger partial charge >= 0.3 is 0 Å². The second-order valence-corrected chi connectivity index (χ2v) is 6.41. The number of carbonyl (C=O) groups excluding carboxylic acids is 1. The van der Waals surface area contributed by atoms with E-state index in [0.29, 0.717) is 46.5 Å². The topological polar surface area (TPSA) is 86.1 Å². The number of aromatic nitrogens is 1. The van der Waals surface area contributed by atoms with Crippen LogP contribution in [0.5, 0.6) is 17.2 Å². The van der Waals surface area contributed by atoms with Gasteiger partial charge in [0.25, 0.3) is 5.91 Å². The van der Waals surface area contributed by atoms with Crippen LogP contribution in [-0.2, 0) is 6.54 Å². The Bertz CT molecular complexity index is 994. The van der Waals surface area contributed by atoms with Crippen LogP contribution in [0.4, 0.5) is 5.69 Å². The molecule has 0 saturated carbocycles. The first-order valence-corrected chi connectivity index (χ1v) is 9.01. The Labute approximate surface area is 168 Å². The normalized spacial score (nSPS) is 15.2. The molecule has 0 spiro atoms. The summed E-state index contributed by atoms with van der Waals surface area (Å²) in [6.07, 6.45) is 2.78. The number of hydrogen-bond donors (Lipinski definition) is 1. The van der Waals surface area contributed by atoms with Crippen molar-refractivity contribution >= 4 is 11.6 Å². The largest absolute Gasteiger partial charge is 0.493 e. The molecule has 0 unspecified atom stereocenters. The van der Waals surface area contributed by atoms with E-state index in [1.54, 1.807) is 69.0 Å². The summed E-state index contributed by atoms with van der Waals surface area (Å²) >= 11 is 0. The molecule has 3 heterocycles. The van der Waals surface area contributed by atoms with Crippen LogP contribution in [0.3, 0.4) is 0 Å².